The van der Waals surface area contributed by atoms with Crippen LogP contribution < -0.4 is 11.3 Å². The van der Waals surface area contributed by atoms with Crippen LogP contribution in [0.4, 0.5) is 0 Å². The number of amidine groups is 1. The molecule has 0 bridgehead atoms. The predicted molar refractivity (Wildman–Crippen MR) is 67.3 cm³/mol. The van der Waals surface area contributed by atoms with E-state index in [0.717, 1.165) is 17.1 Å². The van der Waals surface area contributed by atoms with Gasteiger partial charge in [0.15, 0.2) is 5.84 Å². The fourth-order valence-electron chi connectivity index (χ4n) is 1.31. The topological polar surface area (TPSA) is 50.4 Å². The molecule has 0 amide bonds. The van der Waals surface area contributed by atoms with Gasteiger partial charge in [0.1, 0.15) is 0 Å². The Hall–Kier alpha value is -0.870. The lowest BCUT2D eigenvalue weighted by atomic mass is 10.1. The van der Waals surface area contributed by atoms with Crippen LogP contribution in [0.5, 0.6) is 0 Å². The molecule has 0 fully saturated rings. The van der Waals surface area contributed by atoms with Crippen LogP contribution in [0.25, 0.3) is 0 Å². The predicted octanol–water partition coefficient (Wildman–Crippen LogP) is 2.32. The van der Waals surface area contributed by atoms with Crippen LogP contribution in [-0.2, 0) is 6.42 Å². The minimum Gasteiger partial charge on any atom is -0.308 e. The van der Waals surface area contributed by atoms with Crippen molar-refractivity contribution in [2.45, 2.75) is 39.7 Å². The first-order valence-corrected chi connectivity index (χ1v) is 5.99. The van der Waals surface area contributed by atoms with Gasteiger partial charge in [-0.05, 0) is 44.2 Å². The third-order valence-electron chi connectivity index (χ3n) is 1.93. The molecule has 0 saturated carbocycles. The van der Waals surface area contributed by atoms with Crippen molar-refractivity contribution in [3.8, 4) is 0 Å². The van der Waals surface area contributed by atoms with Crippen LogP contribution in [0.2, 0.25) is 0 Å². The Morgan fingerprint density at radius 3 is 2.67 bits per heavy atom. The highest BCUT2D eigenvalue weighted by atomic mass is 32.1. The van der Waals surface area contributed by atoms with Crippen molar-refractivity contribution in [3.63, 3.8) is 0 Å². The van der Waals surface area contributed by atoms with Crippen molar-refractivity contribution in [2.24, 2.45) is 10.8 Å². The summed E-state index contributed by atoms with van der Waals surface area (Å²) >= 11 is 1.67. The first-order valence-electron chi connectivity index (χ1n) is 5.11. The SMILES string of the molecule is CCc1ccsc1C(=NC(C)(C)C)NN. The van der Waals surface area contributed by atoms with Gasteiger partial charge in [0.25, 0.3) is 0 Å². The minimum atomic E-state index is -0.114. The van der Waals surface area contributed by atoms with Gasteiger partial charge in [-0.1, -0.05) is 6.92 Å². The van der Waals surface area contributed by atoms with Crippen molar-refractivity contribution >= 4 is 17.2 Å². The molecule has 0 aliphatic rings. The monoisotopic (exact) mass is 225 g/mol. The van der Waals surface area contributed by atoms with Crippen molar-refractivity contribution in [2.75, 3.05) is 0 Å². The molecule has 1 aromatic heterocycles. The Kier molecular flexibility index (Phi) is 3.88. The van der Waals surface area contributed by atoms with Crippen LogP contribution in [0.1, 0.15) is 38.1 Å². The number of nitrogens with zero attached hydrogens (tertiary/aromatic N) is 1. The molecule has 3 nitrogen and oxygen atoms in total. The van der Waals surface area contributed by atoms with E-state index in [-0.39, 0.29) is 5.54 Å². The summed E-state index contributed by atoms with van der Waals surface area (Å²) in [5, 5.41) is 2.07. The van der Waals surface area contributed by atoms with E-state index in [1.165, 1.54) is 5.56 Å². The van der Waals surface area contributed by atoms with Crippen molar-refractivity contribution in [1.29, 1.82) is 0 Å². The van der Waals surface area contributed by atoms with Crippen molar-refractivity contribution in [1.82, 2.24) is 5.43 Å². The lowest BCUT2D eigenvalue weighted by Gasteiger charge is -2.15. The largest absolute Gasteiger partial charge is 0.308 e. The molecule has 15 heavy (non-hydrogen) atoms. The Morgan fingerprint density at radius 2 is 2.20 bits per heavy atom. The second-order valence-electron chi connectivity index (χ2n) is 4.40. The molecular weight excluding hydrogens is 206 g/mol. The van der Waals surface area contributed by atoms with Gasteiger partial charge < -0.3 is 5.43 Å². The van der Waals surface area contributed by atoms with E-state index in [1.54, 1.807) is 11.3 Å². The van der Waals surface area contributed by atoms with E-state index in [1.807, 2.05) is 0 Å². The molecule has 0 aromatic carbocycles. The summed E-state index contributed by atoms with van der Waals surface area (Å²) in [6.45, 7) is 8.31. The molecule has 0 radical (unpaired) electrons. The van der Waals surface area contributed by atoms with E-state index >= 15 is 0 Å². The summed E-state index contributed by atoms with van der Waals surface area (Å²) in [4.78, 5) is 5.72. The van der Waals surface area contributed by atoms with Crippen molar-refractivity contribution < 1.29 is 0 Å². The van der Waals surface area contributed by atoms with E-state index in [4.69, 9.17) is 5.84 Å². The molecule has 4 heteroatoms. The zero-order chi connectivity index (χ0) is 11.5. The number of hydrogen-bond acceptors (Lipinski definition) is 3. The maximum Gasteiger partial charge on any atom is 0.153 e. The first-order chi connectivity index (χ1) is 6.98. The normalized spacial score (nSPS) is 13.0. The summed E-state index contributed by atoms with van der Waals surface area (Å²) in [6, 6.07) is 2.12. The van der Waals surface area contributed by atoms with Crippen LogP contribution >= 0.6 is 11.3 Å². The lowest BCUT2D eigenvalue weighted by Crippen LogP contribution is -2.33. The highest BCUT2D eigenvalue weighted by molar-refractivity contribution is 7.12. The second kappa shape index (κ2) is 4.77. The maximum absolute atomic E-state index is 5.52. The van der Waals surface area contributed by atoms with Crippen LogP contribution in [0.3, 0.4) is 0 Å². The Balaban J connectivity index is 3.08. The van der Waals surface area contributed by atoms with E-state index in [2.05, 4.69) is 49.6 Å². The number of nitrogens with two attached hydrogens (primary N) is 1. The molecule has 84 valence electrons. The molecule has 1 rings (SSSR count). The Morgan fingerprint density at radius 1 is 1.53 bits per heavy atom. The van der Waals surface area contributed by atoms with E-state index < -0.39 is 0 Å². The minimum absolute atomic E-state index is 0.114. The standard InChI is InChI=1S/C11H19N3S/c1-5-8-6-7-15-9(8)10(14-12)13-11(2,3)4/h6-7H,5,12H2,1-4H3,(H,13,14). The van der Waals surface area contributed by atoms with Gasteiger partial charge in [-0.3, -0.25) is 4.99 Å². The molecule has 0 unspecified atom stereocenters. The van der Waals surface area contributed by atoms with Gasteiger partial charge in [-0.25, -0.2) is 5.84 Å². The molecule has 0 spiro atoms. The van der Waals surface area contributed by atoms with E-state index in [0.29, 0.717) is 0 Å². The van der Waals surface area contributed by atoms with Gasteiger partial charge in [0, 0.05) is 0 Å². The number of hydrogen-bond donors (Lipinski definition) is 2. The Bertz CT molecular complexity index is 347. The van der Waals surface area contributed by atoms with Gasteiger partial charge in [0.2, 0.25) is 0 Å². The molecule has 0 aliphatic heterocycles. The van der Waals surface area contributed by atoms with Gasteiger partial charge >= 0.3 is 0 Å². The van der Waals surface area contributed by atoms with Crippen LogP contribution in [0, 0.1) is 0 Å². The first kappa shape index (κ1) is 12.2. The lowest BCUT2D eigenvalue weighted by molar-refractivity contribution is 0.580. The molecule has 0 atom stereocenters. The second-order valence-corrected chi connectivity index (χ2v) is 5.32. The van der Waals surface area contributed by atoms with Crippen LogP contribution in [0.15, 0.2) is 16.4 Å². The summed E-state index contributed by atoms with van der Waals surface area (Å²) in [5.41, 5.74) is 3.87. The molecule has 0 aliphatic carbocycles. The number of rotatable bonds is 2. The molecular formula is C11H19N3S. The maximum atomic E-state index is 5.52. The molecule has 1 heterocycles. The zero-order valence-corrected chi connectivity index (χ0v) is 10.6. The summed E-state index contributed by atoms with van der Waals surface area (Å²) in [5.74, 6) is 6.31. The number of aliphatic imine (C=N–C) groups is 1. The Labute approximate surface area is 95.4 Å². The van der Waals surface area contributed by atoms with Gasteiger partial charge in [0.05, 0.1) is 10.4 Å². The number of aryl methyl sites for hydroxylation is 1. The third-order valence-corrected chi connectivity index (χ3v) is 2.89. The third kappa shape index (κ3) is 3.32. The molecule has 0 saturated heterocycles. The fourth-order valence-corrected chi connectivity index (χ4v) is 2.25. The number of hydrazine groups is 1. The summed E-state index contributed by atoms with van der Waals surface area (Å²) in [6.07, 6.45) is 1.00. The van der Waals surface area contributed by atoms with Gasteiger partial charge in [-0.2, -0.15) is 0 Å². The molecule has 1 aromatic rings. The summed E-state index contributed by atoms with van der Waals surface area (Å²) in [7, 11) is 0. The zero-order valence-electron chi connectivity index (χ0n) is 9.79. The van der Waals surface area contributed by atoms with Crippen molar-refractivity contribution in [3.05, 3.63) is 21.9 Å². The smallest absolute Gasteiger partial charge is 0.153 e. The number of thiophene rings is 1. The van der Waals surface area contributed by atoms with Crippen LogP contribution in [-0.4, -0.2) is 11.4 Å². The fraction of sp³-hybridized carbons (Fsp3) is 0.545. The highest BCUT2D eigenvalue weighted by Gasteiger charge is 2.14. The van der Waals surface area contributed by atoms with Gasteiger partial charge in [-0.15, -0.1) is 11.3 Å². The average molecular weight is 225 g/mol. The average Bonchev–Trinajstić information content (AvgIpc) is 2.60. The number of nitrogens with one attached hydrogen (secondary N) is 1. The quantitative estimate of drug-likeness (QED) is 0.351. The molecule has 3 N–H and O–H groups in total. The highest BCUT2D eigenvalue weighted by Crippen LogP contribution is 2.19. The van der Waals surface area contributed by atoms with E-state index in [9.17, 15) is 0 Å². The summed E-state index contributed by atoms with van der Waals surface area (Å²) < 4.78 is 0.